The maximum Gasteiger partial charge on any atom is 0.126 e. The molecule has 0 saturated carbocycles. The van der Waals surface area contributed by atoms with Gasteiger partial charge in [0.25, 0.3) is 0 Å². The van der Waals surface area contributed by atoms with Crippen molar-refractivity contribution in [3.8, 4) is 17.6 Å². The topological polar surface area (TPSA) is 62.5 Å². The summed E-state index contributed by atoms with van der Waals surface area (Å²) in [6.07, 6.45) is 3.16. The fourth-order valence-electron chi connectivity index (χ4n) is 2.99. The molecule has 23 heavy (non-hydrogen) atoms. The number of nitriles is 1. The summed E-state index contributed by atoms with van der Waals surface area (Å²) in [5, 5.41) is 19.8. The van der Waals surface area contributed by atoms with E-state index in [0.29, 0.717) is 17.1 Å². The zero-order valence-electron chi connectivity index (χ0n) is 13.0. The highest BCUT2D eigenvalue weighted by Gasteiger charge is 2.30. The molecular weight excluding hydrogens is 290 g/mol. The Morgan fingerprint density at radius 2 is 1.65 bits per heavy atom. The quantitative estimate of drug-likeness (QED) is 0.943. The van der Waals surface area contributed by atoms with E-state index in [1.165, 1.54) is 0 Å². The molecule has 0 radical (unpaired) electrons. The summed E-state index contributed by atoms with van der Waals surface area (Å²) in [5.74, 6) is 1.14. The average Bonchev–Trinajstić information content (AvgIpc) is 2.61. The molecule has 0 heterocycles. The van der Waals surface area contributed by atoms with Gasteiger partial charge in [-0.25, -0.2) is 0 Å². The third-order valence-corrected chi connectivity index (χ3v) is 4.18. The lowest BCUT2D eigenvalue weighted by molar-refractivity contribution is 0.155. The Kier molecular flexibility index (Phi) is 4.05. The highest BCUT2D eigenvalue weighted by molar-refractivity contribution is 5.69. The van der Waals surface area contributed by atoms with Crippen molar-refractivity contribution in [2.24, 2.45) is 0 Å². The lowest BCUT2D eigenvalue weighted by Gasteiger charge is -2.28. The normalized spacial score (nSPS) is 18.9. The fourth-order valence-corrected chi connectivity index (χ4v) is 2.99. The van der Waals surface area contributed by atoms with Crippen LogP contribution in [0.25, 0.3) is 6.08 Å². The third kappa shape index (κ3) is 2.56. The Labute approximate surface area is 135 Å². The Morgan fingerprint density at radius 3 is 2.26 bits per heavy atom. The van der Waals surface area contributed by atoms with E-state index in [0.717, 1.165) is 16.7 Å². The lowest BCUT2D eigenvalue weighted by Crippen LogP contribution is -2.15. The van der Waals surface area contributed by atoms with Gasteiger partial charge in [-0.2, -0.15) is 5.26 Å². The number of ether oxygens (including phenoxy) is 2. The summed E-state index contributed by atoms with van der Waals surface area (Å²) in [6.45, 7) is 0. The van der Waals surface area contributed by atoms with Crippen LogP contribution in [0.15, 0.2) is 42.5 Å². The van der Waals surface area contributed by atoms with Gasteiger partial charge in [0.15, 0.2) is 0 Å². The van der Waals surface area contributed by atoms with Crippen molar-refractivity contribution in [3.05, 3.63) is 64.7 Å². The molecule has 2 atom stereocenters. The highest BCUT2D eigenvalue weighted by Crippen LogP contribution is 2.45. The van der Waals surface area contributed by atoms with Gasteiger partial charge >= 0.3 is 0 Å². The van der Waals surface area contributed by atoms with Crippen molar-refractivity contribution in [2.75, 3.05) is 14.2 Å². The maximum absolute atomic E-state index is 10.9. The molecule has 4 nitrogen and oxygen atoms in total. The highest BCUT2D eigenvalue weighted by atomic mass is 16.5. The molecule has 0 bridgehead atoms. The molecule has 0 spiro atoms. The SMILES string of the molecule is COc1ccc(OC)c2c1C=C[C@H](c1ccc(C#N)cc1)[C@@H]2O. The summed E-state index contributed by atoms with van der Waals surface area (Å²) < 4.78 is 10.8. The maximum atomic E-state index is 10.9. The minimum absolute atomic E-state index is 0.198. The van der Waals surface area contributed by atoms with E-state index in [4.69, 9.17) is 14.7 Å². The van der Waals surface area contributed by atoms with Crippen molar-refractivity contribution in [3.63, 3.8) is 0 Å². The number of benzene rings is 2. The fraction of sp³-hybridized carbons (Fsp3) is 0.211. The summed E-state index contributed by atoms with van der Waals surface area (Å²) in [6, 6.07) is 13.0. The molecule has 1 N–H and O–H groups in total. The Balaban J connectivity index is 2.06. The van der Waals surface area contributed by atoms with Gasteiger partial charge in [-0.15, -0.1) is 0 Å². The van der Waals surface area contributed by atoms with Crippen LogP contribution in [-0.2, 0) is 0 Å². The number of aliphatic hydroxyl groups is 1. The predicted molar refractivity (Wildman–Crippen MR) is 87.4 cm³/mol. The van der Waals surface area contributed by atoms with Crippen LogP contribution in [0.2, 0.25) is 0 Å². The number of fused-ring (bicyclic) bond motifs is 1. The second-order valence-electron chi connectivity index (χ2n) is 5.36. The van der Waals surface area contributed by atoms with Crippen LogP contribution < -0.4 is 9.47 Å². The van der Waals surface area contributed by atoms with Crippen molar-refractivity contribution < 1.29 is 14.6 Å². The van der Waals surface area contributed by atoms with Crippen LogP contribution in [0.5, 0.6) is 11.5 Å². The molecule has 0 fully saturated rings. The molecule has 4 heteroatoms. The van der Waals surface area contributed by atoms with Gasteiger partial charge in [-0.1, -0.05) is 24.3 Å². The average molecular weight is 307 g/mol. The Hall–Kier alpha value is -2.77. The monoisotopic (exact) mass is 307 g/mol. The number of rotatable bonds is 3. The summed E-state index contributed by atoms with van der Waals surface area (Å²) in [4.78, 5) is 0. The van der Waals surface area contributed by atoms with Gasteiger partial charge in [-0.3, -0.25) is 0 Å². The van der Waals surface area contributed by atoms with E-state index in [1.54, 1.807) is 32.4 Å². The molecule has 0 unspecified atom stereocenters. The van der Waals surface area contributed by atoms with E-state index in [-0.39, 0.29) is 5.92 Å². The van der Waals surface area contributed by atoms with Crippen LogP contribution in [0.3, 0.4) is 0 Å². The first-order valence-corrected chi connectivity index (χ1v) is 7.30. The van der Waals surface area contributed by atoms with Crippen molar-refractivity contribution in [2.45, 2.75) is 12.0 Å². The number of methoxy groups -OCH3 is 2. The number of hydrogen-bond donors (Lipinski definition) is 1. The number of aliphatic hydroxyl groups excluding tert-OH is 1. The van der Waals surface area contributed by atoms with Crippen LogP contribution in [-0.4, -0.2) is 19.3 Å². The van der Waals surface area contributed by atoms with Crippen LogP contribution in [0.4, 0.5) is 0 Å². The van der Waals surface area contributed by atoms with Crippen molar-refractivity contribution in [1.82, 2.24) is 0 Å². The largest absolute Gasteiger partial charge is 0.496 e. The molecule has 0 aliphatic heterocycles. The van der Waals surface area contributed by atoms with E-state index in [1.807, 2.05) is 30.4 Å². The minimum Gasteiger partial charge on any atom is -0.496 e. The van der Waals surface area contributed by atoms with Crippen LogP contribution in [0, 0.1) is 11.3 Å². The molecule has 2 aromatic carbocycles. The van der Waals surface area contributed by atoms with Crippen LogP contribution >= 0.6 is 0 Å². The first-order chi connectivity index (χ1) is 11.2. The van der Waals surface area contributed by atoms with Gasteiger partial charge in [0, 0.05) is 17.0 Å². The van der Waals surface area contributed by atoms with Gasteiger partial charge in [0.2, 0.25) is 0 Å². The molecule has 0 aromatic heterocycles. The lowest BCUT2D eigenvalue weighted by atomic mass is 9.81. The smallest absolute Gasteiger partial charge is 0.126 e. The summed E-state index contributed by atoms with van der Waals surface area (Å²) in [7, 11) is 3.19. The molecule has 0 saturated heterocycles. The molecular formula is C19H17NO3. The molecule has 2 aromatic rings. The molecule has 0 amide bonds. The third-order valence-electron chi connectivity index (χ3n) is 4.18. The van der Waals surface area contributed by atoms with Gasteiger partial charge in [0.05, 0.1) is 32.0 Å². The second kappa shape index (κ2) is 6.15. The van der Waals surface area contributed by atoms with Crippen molar-refractivity contribution >= 4 is 6.08 Å². The van der Waals surface area contributed by atoms with Crippen LogP contribution in [0.1, 0.15) is 34.3 Å². The standard InChI is InChI=1S/C19H17NO3/c1-22-16-9-10-17(23-2)18-15(16)8-7-14(19(18)21)13-5-3-12(11-20)4-6-13/h3-10,14,19,21H,1-2H3/t14-,19+/m1/s1. The van der Waals surface area contributed by atoms with Crippen molar-refractivity contribution in [1.29, 1.82) is 5.26 Å². The number of hydrogen-bond acceptors (Lipinski definition) is 4. The Bertz CT molecular complexity index is 787. The first-order valence-electron chi connectivity index (χ1n) is 7.30. The summed E-state index contributed by atoms with van der Waals surface area (Å²) in [5.41, 5.74) is 3.11. The van der Waals surface area contributed by atoms with E-state index >= 15 is 0 Å². The van der Waals surface area contributed by atoms with Gasteiger partial charge < -0.3 is 14.6 Å². The molecule has 3 rings (SSSR count). The zero-order valence-corrected chi connectivity index (χ0v) is 13.0. The molecule has 1 aliphatic carbocycles. The first kappa shape index (κ1) is 15.1. The molecule has 116 valence electrons. The zero-order chi connectivity index (χ0) is 16.4. The van der Waals surface area contributed by atoms with E-state index < -0.39 is 6.10 Å². The van der Waals surface area contributed by atoms with E-state index in [2.05, 4.69) is 6.07 Å². The number of nitrogens with zero attached hydrogens (tertiary/aromatic N) is 1. The van der Waals surface area contributed by atoms with Gasteiger partial charge in [-0.05, 0) is 29.8 Å². The van der Waals surface area contributed by atoms with E-state index in [9.17, 15) is 5.11 Å². The Morgan fingerprint density at radius 1 is 1.00 bits per heavy atom. The van der Waals surface area contributed by atoms with Gasteiger partial charge in [0.1, 0.15) is 11.5 Å². The second-order valence-corrected chi connectivity index (χ2v) is 5.36. The minimum atomic E-state index is -0.743. The summed E-state index contributed by atoms with van der Waals surface area (Å²) >= 11 is 0. The molecule has 1 aliphatic rings. The predicted octanol–water partition coefficient (Wildman–Crippen LogP) is 3.42.